The van der Waals surface area contributed by atoms with Crippen molar-refractivity contribution >= 4 is 38.3 Å². The fourth-order valence-electron chi connectivity index (χ4n) is 5.17. The van der Waals surface area contributed by atoms with Gasteiger partial charge in [0.1, 0.15) is 17.2 Å². The normalized spacial score (nSPS) is 15.9. The number of anilines is 2. The van der Waals surface area contributed by atoms with Crippen LogP contribution >= 0.6 is 0 Å². The highest BCUT2D eigenvalue weighted by molar-refractivity contribution is 7.91. The molecule has 2 aliphatic rings. The zero-order valence-electron chi connectivity index (χ0n) is 27.3. The molecule has 0 unspecified atom stereocenters. The zero-order chi connectivity index (χ0) is 34.3. The highest BCUT2D eigenvalue weighted by Gasteiger charge is 2.33. The van der Waals surface area contributed by atoms with E-state index in [9.17, 15) is 22.7 Å². The minimum absolute atomic E-state index is 0.191. The van der Waals surface area contributed by atoms with Crippen molar-refractivity contribution < 1.29 is 36.9 Å². The van der Waals surface area contributed by atoms with Gasteiger partial charge in [0.05, 0.1) is 72.3 Å². The van der Waals surface area contributed by atoms with Gasteiger partial charge in [0, 0.05) is 43.0 Å². The summed E-state index contributed by atoms with van der Waals surface area (Å²) in [4.78, 5) is 22.8. The summed E-state index contributed by atoms with van der Waals surface area (Å²) in [6.45, 7) is 8.91. The van der Waals surface area contributed by atoms with Crippen LogP contribution < -0.4 is 5.32 Å². The molecule has 2 N–H and O–H groups in total. The molecule has 4 aromatic rings. The SMILES string of the molecule is C1COCCO1.CC(C)(C)OC(=O)N1CCC(S(=O)(=O)Cc2ccc3cnc(Nc4ccc(-n5ccc(CO)n5)cc4F)cc3n2)CC1. The van der Waals surface area contributed by atoms with Crippen molar-refractivity contribution in [1.29, 1.82) is 0 Å². The molecule has 15 heteroatoms. The molecule has 2 fully saturated rings. The minimum atomic E-state index is -3.52. The Bertz CT molecular complexity index is 1810. The maximum atomic E-state index is 14.9. The second-order valence-corrected chi connectivity index (χ2v) is 14.7. The predicted molar refractivity (Wildman–Crippen MR) is 177 cm³/mol. The summed E-state index contributed by atoms with van der Waals surface area (Å²) in [6, 6.07) is 11.3. The van der Waals surface area contributed by atoms with Gasteiger partial charge < -0.3 is 29.5 Å². The molecule has 0 aliphatic carbocycles. The first kappa shape index (κ1) is 35.1. The second kappa shape index (κ2) is 15.4. The molecule has 2 aliphatic heterocycles. The molecule has 0 saturated carbocycles. The number of ether oxygens (including phenoxy) is 3. The zero-order valence-corrected chi connectivity index (χ0v) is 28.1. The number of benzene rings is 1. The topological polar surface area (TPSA) is 158 Å². The first-order valence-corrected chi connectivity index (χ1v) is 17.4. The fraction of sp³-hybridized carbons (Fsp3) is 0.455. The van der Waals surface area contributed by atoms with Crippen molar-refractivity contribution in [3.8, 4) is 5.69 Å². The summed E-state index contributed by atoms with van der Waals surface area (Å²) in [6.07, 6.45) is 3.45. The van der Waals surface area contributed by atoms with Crippen LogP contribution in [0.3, 0.4) is 0 Å². The van der Waals surface area contributed by atoms with Gasteiger partial charge in [0.15, 0.2) is 9.84 Å². The summed E-state index contributed by atoms with van der Waals surface area (Å²) >= 11 is 0. The number of halogens is 1. The lowest BCUT2D eigenvalue weighted by Crippen LogP contribution is -2.44. The number of rotatable bonds is 7. The quantitative estimate of drug-likeness (QED) is 0.282. The van der Waals surface area contributed by atoms with Gasteiger partial charge in [-0.05, 0) is 63.9 Å². The van der Waals surface area contributed by atoms with E-state index in [-0.39, 0.29) is 18.0 Å². The number of hydrogen-bond donors (Lipinski definition) is 2. The van der Waals surface area contributed by atoms with Gasteiger partial charge in [-0.15, -0.1) is 0 Å². The van der Waals surface area contributed by atoms with Crippen molar-refractivity contribution in [2.24, 2.45) is 0 Å². The van der Waals surface area contributed by atoms with E-state index in [0.29, 0.717) is 59.7 Å². The Balaban J connectivity index is 0.000000677. The number of carbonyl (C=O) groups excluding carboxylic acids is 1. The van der Waals surface area contributed by atoms with Crippen molar-refractivity contribution in [3.05, 3.63) is 72.1 Å². The Kier molecular flexibility index (Phi) is 11.2. The molecule has 5 heterocycles. The van der Waals surface area contributed by atoms with Gasteiger partial charge in [0.25, 0.3) is 0 Å². The smallest absolute Gasteiger partial charge is 0.410 e. The van der Waals surface area contributed by atoms with Crippen LogP contribution in [0.25, 0.3) is 16.6 Å². The number of pyridine rings is 2. The second-order valence-electron chi connectivity index (χ2n) is 12.5. The van der Waals surface area contributed by atoms with Crippen LogP contribution in [0.5, 0.6) is 0 Å². The van der Waals surface area contributed by atoms with Crippen LogP contribution in [-0.2, 0) is 36.4 Å². The van der Waals surface area contributed by atoms with E-state index in [1.165, 1.54) is 10.7 Å². The third kappa shape index (κ3) is 9.46. The van der Waals surface area contributed by atoms with E-state index < -0.39 is 32.6 Å². The lowest BCUT2D eigenvalue weighted by atomic mass is 10.1. The number of hydrogen-bond acceptors (Lipinski definition) is 11. The van der Waals surface area contributed by atoms with Crippen molar-refractivity contribution in [3.63, 3.8) is 0 Å². The number of likely N-dealkylation sites (tertiary alicyclic amines) is 1. The Morgan fingerprint density at radius 1 is 1.04 bits per heavy atom. The summed E-state index contributed by atoms with van der Waals surface area (Å²) in [7, 11) is -3.52. The lowest BCUT2D eigenvalue weighted by molar-refractivity contribution is -0.0334. The first-order valence-electron chi connectivity index (χ1n) is 15.7. The van der Waals surface area contributed by atoms with Crippen LogP contribution in [0.1, 0.15) is 45.0 Å². The summed E-state index contributed by atoms with van der Waals surface area (Å²) in [5.41, 5.74) is 1.46. The lowest BCUT2D eigenvalue weighted by Gasteiger charge is -2.33. The average Bonchev–Trinajstić information content (AvgIpc) is 3.55. The summed E-state index contributed by atoms with van der Waals surface area (Å²) in [5, 5.41) is 16.5. The maximum Gasteiger partial charge on any atom is 0.410 e. The average molecular weight is 685 g/mol. The van der Waals surface area contributed by atoms with E-state index in [1.54, 1.807) is 74.5 Å². The molecule has 0 bridgehead atoms. The van der Waals surface area contributed by atoms with Gasteiger partial charge >= 0.3 is 6.09 Å². The van der Waals surface area contributed by atoms with E-state index in [4.69, 9.17) is 14.2 Å². The molecule has 2 saturated heterocycles. The van der Waals surface area contributed by atoms with Gasteiger partial charge in [-0.25, -0.2) is 27.3 Å². The van der Waals surface area contributed by atoms with E-state index >= 15 is 0 Å². The largest absolute Gasteiger partial charge is 0.444 e. The highest BCUT2D eigenvalue weighted by Crippen LogP contribution is 2.26. The standard InChI is InChI=1S/C29H33FN6O5S.C4H8O2/c1-29(2,3)41-28(38)35-11-9-23(10-12-35)42(39,40)18-21-5-4-19-16-31-27(15-26(19)32-21)33-25-7-6-22(14-24(25)30)36-13-8-20(17-37)34-36;1-2-6-4-3-5-1/h4-8,13-16,23,37H,9-12,17-18H2,1-3H3,(H,31,33);1-4H2. The van der Waals surface area contributed by atoms with Crippen molar-refractivity contribution in [2.75, 3.05) is 44.8 Å². The molecule has 1 amide bonds. The van der Waals surface area contributed by atoms with Gasteiger partial charge in [-0.3, -0.25) is 4.98 Å². The number of piperidine rings is 1. The molecule has 0 spiro atoms. The Labute approximate surface area is 279 Å². The number of aromatic nitrogens is 4. The molecular weight excluding hydrogens is 643 g/mol. The number of carbonyl (C=O) groups is 1. The number of amides is 1. The molecule has 258 valence electrons. The Hall–Kier alpha value is -4.18. The molecule has 0 atom stereocenters. The van der Waals surface area contributed by atoms with Crippen molar-refractivity contribution in [2.45, 2.75) is 56.8 Å². The van der Waals surface area contributed by atoms with E-state index in [2.05, 4.69) is 20.4 Å². The molecule has 6 rings (SSSR count). The summed E-state index contributed by atoms with van der Waals surface area (Å²) < 4.78 is 58.1. The van der Waals surface area contributed by atoms with Crippen LogP contribution in [0.2, 0.25) is 0 Å². The number of nitrogens with zero attached hydrogens (tertiary/aromatic N) is 5. The number of fused-ring (bicyclic) bond motifs is 1. The third-order valence-corrected chi connectivity index (χ3v) is 9.80. The number of sulfone groups is 1. The monoisotopic (exact) mass is 684 g/mol. The van der Waals surface area contributed by atoms with Gasteiger partial charge in [-0.1, -0.05) is 0 Å². The first-order chi connectivity index (χ1) is 22.9. The Morgan fingerprint density at radius 2 is 1.75 bits per heavy atom. The third-order valence-electron chi connectivity index (χ3n) is 7.61. The number of nitrogens with one attached hydrogen (secondary N) is 1. The molecular formula is C33H41FN6O7S. The molecule has 48 heavy (non-hydrogen) atoms. The predicted octanol–water partition coefficient (Wildman–Crippen LogP) is 4.54. The number of aliphatic hydroxyl groups excluding tert-OH is 1. The van der Waals surface area contributed by atoms with Crippen LogP contribution in [-0.4, -0.2) is 94.6 Å². The van der Waals surface area contributed by atoms with E-state index in [1.807, 2.05) is 0 Å². The molecule has 3 aromatic heterocycles. The molecule has 13 nitrogen and oxygen atoms in total. The summed E-state index contributed by atoms with van der Waals surface area (Å²) in [5.74, 6) is -0.411. The highest BCUT2D eigenvalue weighted by atomic mass is 32.2. The molecule has 1 aromatic carbocycles. The van der Waals surface area contributed by atoms with Crippen molar-refractivity contribution in [1.82, 2.24) is 24.6 Å². The van der Waals surface area contributed by atoms with E-state index in [0.717, 1.165) is 26.4 Å². The maximum absolute atomic E-state index is 14.9. The fourth-order valence-corrected chi connectivity index (χ4v) is 6.91. The van der Waals surface area contributed by atoms with Crippen LogP contribution in [0.4, 0.5) is 20.7 Å². The number of aliphatic hydroxyl groups is 1. The van der Waals surface area contributed by atoms with Gasteiger partial charge in [-0.2, -0.15) is 5.10 Å². The van der Waals surface area contributed by atoms with Crippen LogP contribution in [0, 0.1) is 5.82 Å². The Morgan fingerprint density at radius 3 is 2.35 bits per heavy atom. The van der Waals surface area contributed by atoms with Crippen LogP contribution in [0.15, 0.2) is 54.9 Å². The minimum Gasteiger partial charge on any atom is -0.444 e. The van der Waals surface area contributed by atoms with Gasteiger partial charge in [0.2, 0.25) is 0 Å². The molecule has 0 radical (unpaired) electrons.